The summed E-state index contributed by atoms with van der Waals surface area (Å²) in [5.41, 5.74) is 3.79. The molecule has 3 aromatic rings. The van der Waals surface area contributed by atoms with Crippen LogP contribution in [0.15, 0.2) is 53.5 Å². The lowest BCUT2D eigenvalue weighted by atomic mass is 10.1. The van der Waals surface area contributed by atoms with E-state index >= 15 is 0 Å². The molecule has 1 aliphatic rings. The Morgan fingerprint density at radius 1 is 1.17 bits per heavy atom. The Bertz CT molecular complexity index is 1020. The molecule has 8 heteroatoms. The van der Waals surface area contributed by atoms with Gasteiger partial charge in [0.25, 0.3) is 5.91 Å². The van der Waals surface area contributed by atoms with E-state index in [2.05, 4.69) is 20.9 Å². The first-order valence-electron chi connectivity index (χ1n) is 9.24. The molecule has 0 spiro atoms. The van der Waals surface area contributed by atoms with Crippen molar-refractivity contribution < 1.29 is 9.53 Å². The van der Waals surface area contributed by atoms with Gasteiger partial charge in [0, 0.05) is 43.3 Å². The molecule has 3 heterocycles. The van der Waals surface area contributed by atoms with Gasteiger partial charge in [0.2, 0.25) is 0 Å². The van der Waals surface area contributed by atoms with Gasteiger partial charge in [0.15, 0.2) is 0 Å². The molecule has 0 N–H and O–H groups in total. The lowest BCUT2D eigenvalue weighted by Gasteiger charge is -2.35. The van der Waals surface area contributed by atoms with Crippen LogP contribution in [0.25, 0.3) is 0 Å². The average molecular weight is 405 g/mol. The molecule has 7 nitrogen and oxygen atoms in total. The highest BCUT2D eigenvalue weighted by Gasteiger charge is 2.24. The molecular weight excluding hydrogens is 386 g/mol. The summed E-state index contributed by atoms with van der Waals surface area (Å²) in [5.74, 6) is 1.31. The maximum Gasteiger partial charge on any atom is 0.254 e. The zero-order valence-electron chi connectivity index (χ0n) is 15.7. The van der Waals surface area contributed by atoms with Gasteiger partial charge in [-0.3, -0.25) is 4.79 Å². The van der Waals surface area contributed by atoms with Crippen LogP contribution < -0.4 is 9.64 Å². The Morgan fingerprint density at radius 3 is 2.79 bits per heavy atom. The minimum atomic E-state index is -0.0229. The van der Waals surface area contributed by atoms with Gasteiger partial charge < -0.3 is 14.5 Å². The maximum absolute atomic E-state index is 12.9. The summed E-state index contributed by atoms with van der Waals surface area (Å²) in [6, 6.07) is 12.9. The number of hydrogen-bond donors (Lipinski definition) is 0. The first-order chi connectivity index (χ1) is 14.2. The Balaban J connectivity index is 1.38. The third-order valence-electron chi connectivity index (χ3n) is 4.72. The van der Waals surface area contributed by atoms with E-state index in [1.807, 2.05) is 22.4 Å². The molecule has 1 fully saturated rings. The van der Waals surface area contributed by atoms with Gasteiger partial charge in [-0.1, -0.05) is 6.07 Å². The summed E-state index contributed by atoms with van der Waals surface area (Å²) in [4.78, 5) is 25.3. The third-order valence-corrected chi connectivity index (χ3v) is 5.36. The van der Waals surface area contributed by atoms with Crippen molar-refractivity contribution in [3.63, 3.8) is 0 Å². The number of piperazine rings is 1. The first-order valence-corrected chi connectivity index (χ1v) is 10.2. The summed E-state index contributed by atoms with van der Waals surface area (Å²) < 4.78 is 5.76. The van der Waals surface area contributed by atoms with Gasteiger partial charge in [-0.2, -0.15) is 5.26 Å². The number of aromatic nitrogens is 2. The van der Waals surface area contributed by atoms with Crippen molar-refractivity contribution in [1.29, 1.82) is 5.26 Å². The summed E-state index contributed by atoms with van der Waals surface area (Å²) >= 11 is 1.52. The lowest BCUT2D eigenvalue weighted by molar-refractivity contribution is 0.0746. The van der Waals surface area contributed by atoms with Gasteiger partial charge in [-0.25, -0.2) is 9.97 Å². The summed E-state index contributed by atoms with van der Waals surface area (Å²) in [5, 5.41) is 11.2. The summed E-state index contributed by atoms with van der Waals surface area (Å²) in [6.07, 6.45) is 1.69. The SMILES string of the molecule is N#Cc1cccnc1N1CCN(C(=O)c2cccc(OCc3cscn3)c2)CC1. The molecule has 2 aromatic heterocycles. The number of thiazole rings is 1. The van der Waals surface area contributed by atoms with Gasteiger partial charge in [-0.15, -0.1) is 11.3 Å². The van der Waals surface area contributed by atoms with Crippen LogP contribution in [-0.4, -0.2) is 47.0 Å². The van der Waals surface area contributed by atoms with Crippen molar-refractivity contribution in [3.8, 4) is 11.8 Å². The maximum atomic E-state index is 12.9. The summed E-state index contributed by atoms with van der Waals surface area (Å²) in [6.45, 7) is 2.80. The molecule has 1 amide bonds. The Kier molecular flexibility index (Phi) is 5.68. The molecule has 1 saturated heterocycles. The number of carbonyl (C=O) groups excluding carboxylic acids is 1. The van der Waals surface area contributed by atoms with E-state index in [1.54, 1.807) is 36.0 Å². The van der Waals surface area contributed by atoms with Crippen molar-refractivity contribution in [1.82, 2.24) is 14.9 Å². The van der Waals surface area contributed by atoms with Crippen molar-refractivity contribution >= 4 is 23.1 Å². The molecular formula is C21H19N5O2S. The number of benzene rings is 1. The number of nitrogens with zero attached hydrogens (tertiary/aromatic N) is 5. The van der Waals surface area contributed by atoms with Crippen LogP contribution in [0.5, 0.6) is 5.75 Å². The van der Waals surface area contributed by atoms with Crippen LogP contribution in [0.4, 0.5) is 5.82 Å². The first kappa shape index (κ1) is 18.9. The van der Waals surface area contributed by atoms with Gasteiger partial charge in [-0.05, 0) is 30.3 Å². The molecule has 0 atom stereocenters. The standard InChI is InChI=1S/C21H19N5O2S/c22-12-17-4-2-6-23-20(17)25-7-9-26(10-8-25)21(27)16-3-1-5-19(11-16)28-13-18-14-29-15-24-18/h1-6,11,14-15H,7-10,13H2. The monoisotopic (exact) mass is 405 g/mol. The van der Waals surface area contributed by atoms with Crippen molar-refractivity contribution in [2.45, 2.75) is 6.61 Å². The lowest BCUT2D eigenvalue weighted by Crippen LogP contribution is -2.49. The molecule has 0 aliphatic carbocycles. The Hall–Kier alpha value is -3.44. The van der Waals surface area contributed by atoms with Crippen LogP contribution in [0, 0.1) is 11.3 Å². The molecule has 29 heavy (non-hydrogen) atoms. The highest BCUT2D eigenvalue weighted by Crippen LogP contribution is 2.20. The zero-order chi connectivity index (χ0) is 20.1. The highest BCUT2D eigenvalue weighted by molar-refractivity contribution is 7.07. The number of ether oxygens (including phenoxy) is 1. The van der Waals surface area contributed by atoms with Crippen molar-refractivity contribution in [2.24, 2.45) is 0 Å². The quantitative estimate of drug-likeness (QED) is 0.649. The Labute approximate surface area is 172 Å². The largest absolute Gasteiger partial charge is 0.487 e. The van der Waals surface area contributed by atoms with E-state index in [0.717, 1.165) is 5.69 Å². The van der Waals surface area contributed by atoms with Crippen LogP contribution in [-0.2, 0) is 6.61 Å². The predicted molar refractivity (Wildman–Crippen MR) is 110 cm³/mol. The van der Waals surface area contributed by atoms with E-state index in [-0.39, 0.29) is 5.91 Å². The van der Waals surface area contributed by atoms with E-state index < -0.39 is 0 Å². The molecule has 146 valence electrons. The van der Waals surface area contributed by atoms with Crippen LogP contribution in [0.3, 0.4) is 0 Å². The third kappa shape index (κ3) is 4.36. The molecule has 1 aromatic carbocycles. The average Bonchev–Trinajstić information content (AvgIpc) is 3.31. The minimum absolute atomic E-state index is 0.0229. The number of pyridine rings is 1. The van der Waals surface area contributed by atoms with Crippen LogP contribution in [0.2, 0.25) is 0 Å². The van der Waals surface area contributed by atoms with Gasteiger partial charge in [0.1, 0.15) is 24.2 Å². The van der Waals surface area contributed by atoms with Crippen molar-refractivity contribution in [3.05, 3.63) is 70.3 Å². The van der Waals surface area contributed by atoms with Gasteiger partial charge in [0.05, 0.1) is 16.8 Å². The fourth-order valence-corrected chi connectivity index (χ4v) is 3.77. The number of hydrogen-bond acceptors (Lipinski definition) is 7. The Morgan fingerprint density at radius 2 is 2.03 bits per heavy atom. The molecule has 1 aliphatic heterocycles. The number of carbonyl (C=O) groups is 1. The van der Waals surface area contributed by atoms with Crippen molar-refractivity contribution in [2.75, 3.05) is 31.1 Å². The fourth-order valence-electron chi connectivity index (χ4n) is 3.23. The number of anilines is 1. The fraction of sp³-hybridized carbons (Fsp3) is 0.238. The second-order valence-electron chi connectivity index (χ2n) is 6.56. The van der Waals surface area contributed by atoms with E-state index in [4.69, 9.17) is 4.74 Å². The molecule has 0 bridgehead atoms. The predicted octanol–water partition coefficient (Wildman–Crippen LogP) is 2.95. The molecule has 0 saturated carbocycles. The number of amides is 1. The number of rotatable bonds is 5. The van der Waals surface area contributed by atoms with E-state index in [1.165, 1.54) is 11.3 Å². The summed E-state index contributed by atoms with van der Waals surface area (Å²) in [7, 11) is 0. The zero-order valence-corrected chi connectivity index (χ0v) is 16.5. The normalized spacial score (nSPS) is 13.8. The second kappa shape index (κ2) is 8.71. The topological polar surface area (TPSA) is 82.4 Å². The highest BCUT2D eigenvalue weighted by atomic mass is 32.1. The van der Waals surface area contributed by atoms with Gasteiger partial charge >= 0.3 is 0 Å². The number of nitriles is 1. The second-order valence-corrected chi connectivity index (χ2v) is 7.28. The molecule has 0 radical (unpaired) electrons. The van der Waals surface area contributed by atoms with E-state index in [0.29, 0.717) is 55.5 Å². The molecule has 4 rings (SSSR count). The van der Waals surface area contributed by atoms with Crippen LogP contribution in [0.1, 0.15) is 21.6 Å². The smallest absolute Gasteiger partial charge is 0.254 e. The van der Waals surface area contributed by atoms with Crippen LogP contribution >= 0.6 is 11.3 Å². The minimum Gasteiger partial charge on any atom is -0.487 e. The molecule has 0 unspecified atom stereocenters. The van der Waals surface area contributed by atoms with E-state index in [9.17, 15) is 10.1 Å².